The third-order valence-corrected chi connectivity index (χ3v) is 3.89. The number of aryl methyl sites for hydroxylation is 2. The number of methoxy groups -OCH3 is 1. The van der Waals surface area contributed by atoms with Crippen molar-refractivity contribution in [3.8, 4) is 17.0 Å². The van der Waals surface area contributed by atoms with Gasteiger partial charge in [0.1, 0.15) is 5.75 Å². The predicted molar refractivity (Wildman–Crippen MR) is 90.2 cm³/mol. The van der Waals surface area contributed by atoms with Crippen molar-refractivity contribution in [3.05, 3.63) is 59.2 Å². The summed E-state index contributed by atoms with van der Waals surface area (Å²) in [6.45, 7) is 3.89. The van der Waals surface area contributed by atoms with Gasteiger partial charge in [-0.2, -0.15) is 0 Å². The van der Waals surface area contributed by atoms with Crippen LogP contribution in [0.15, 0.2) is 42.5 Å². The van der Waals surface area contributed by atoms with Gasteiger partial charge in [-0.15, -0.1) is 0 Å². The largest absolute Gasteiger partial charge is 0.496 e. The molecule has 23 heavy (non-hydrogen) atoms. The number of hydrogen-bond donors (Lipinski definition) is 1. The van der Waals surface area contributed by atoms with Gasteiger partial charge < -0.3 is 9.84 Å². The molecule has 0 saturated carbocycles. The average molecular weight is 307 g/mol. The summed E-state index contributed by atoms with van der Waals surface area (Å²) in [5.74, 6) is -0.155. The van der Waals surface area contributed by atoms with E-state index in [9.17, 15) is 9.90 Å². The van der Waals surface area contributed by atoms with Crippen LogP contribution in [-0.4, -0.2) is 23.2 Å². The molecule has 0 aliphatic heterocycles. The van der Waals surface area contributed by atoms with Crippen LogP contribution in [0.2, 0.25) is 0 Å². The van der Waals surface area contributed by atoms with Gasteiger partial charge in [0.05, 0.1) is 23.9 Å². The van der Waals surface area contributed by atoms with Crippen molar-refractivity contribution in [1.29, 1.82) is 0 Å². The molecule has 2 aromatic carbocycles. The molecule has 1 N–H and O–H groups in total. The molecule has 3 rings (SSSR count). The zero-order valence-corrected chi connectivity index (χ0v) is 13.3. The quantitative estimate of drug-likeness (QED) is 0.787. The SMILES string of the molecule is COc1ccc(-c2cc(C(=O)O)c3cc(C)ccc3n2)cc1C. The number of benzene rings is 2. The Morgan fingerprint density at radius 3 is 2.52 bits per heavy atom. The van der Waals surface area contributed by atoms with Gasteiger partial charge in [-0.1, -0.05) is 11.6 Å². The van der Waals surface area contributed by atoms with E-state index in [4.69, 9.17) is 4.74 Å². The summed E-state index contributed by atoms with van der Waals surface area (Å²) in [6, 6.07) is 13.0. The third kappa shape index (κ3) is 2.75. The number of rotatable bonds is 3. The van der Waals surface area contributed by atoms with Crippen molar-refractivity contribution in [2.45, 2.75) is 13.8 Å². The molecule has 0 fully saturated rings. The maximum absolute atomic E-state index is 11.6. The van der Waals surface area contributed by atoms with E-state index >= 15 is 0 Å². The summed E-state index contributed by atoms with van der Waals surface area (Å²) >= 11 is 0. The van der Waals surface area contributed by atoms with Gasteiger partial charge in [-0.3, -0.25) is 0 Å². The first kappa shape index (κ1) is 15.0. The van der Waals surface area contributed by atoms with Crippen molar-refractivity contribution in [2.75, 3.05) is 7.11 Å². The van der Waals surface area contributed by atoms with Gasteiger partial charge in [0.15, 0.2) is 0 Å². The molecule has 0 unspecified atom stereocenters. The molecule has 0 spiro atoms. The van der Waals surface area contributed by atoms with Crippen LogP contribution in [0.1, 0.15) is 21.5 Å². The van der Waals surface area contributed by atoms with Gasteiger partial charge >= 0.3 is 5.97 Å². The van der Waals surface area contributed by atoms with Gasteiger partial charge in [0.2, 0.25) is 0 Å². The van der Waals surface area contributed by atoms with Crippen LogP contribution in [0.25, 0.3) is 22.2 Å². The van der Waals surface area contributed by atoms with Crippen LogP contribution in [0.3, 0.4) is 0 Å². The molecular weight excluding hydrogens is 290 g/mol. The van der Waals surface area contributed by atoms with E-state index in [1.165, 1.54) is 0 Å². The van der Waals surface area contributed by atoms with E-state index in [2.05, 4.69) is 4.98 Å². The van der Waals surface area contributed by atoms with Crippen LogP contribution in [0.4, 0.5) is 0 Å². The molecule has 0 aliphatic carbocycles. The molecule has 116 valence electrons. The Bertz CT molecular complexity index is 916. The lowest BCUT2D eigenvalue weighted by Gasteiger charge is -2.10. The standard InChI is InChI=1S/C19H17NO3/c1-11-4-6-16-14(8-11)15(19(21)22)10-17(20-16)13-5-7-18(23-3)12(2)9-13/h4-10H,1-3H3,(H,21,22). The van der Waals surface area contributed by atoms with Crippen molar-refractivity contribution in [3.63, 3.8) is 0 Å². The van der Waals surface area contributed by atoms with E-state index in [-0.39, 0.29) is 5.56 Å². The Balaban J connectivity index is 2.24. The van der Waals surface area contributed by atoms with Crippen LogP contribution in [0.5, 0.6) is 5.75 Å². The zero-order chi connectivity index (χ0) is 16.6. The first-order chi connectivity index (χ1) is 11.0. The number of aromatic carboxylic acids is 1. The van der Waals surface area contributed by atoms with E-state index in [0.29, 0.717) is 16.6 Å². The molecule has 0 bridgehead atoms. The molecule has 4 nitrogen and oxygen atoms in total. The van der Waals surface area contributed by atoms with Crippen LogP contribution in [-0.2, 0) is 0 Å². The molecule has 0 radical (unpaired) electrons. The van der Waals surface area contributed by atoms with E-state index in [0.717, 1.165) is 22.4 Å². The van der Waals surface area contributed by atoms with Crippen LogP contribution in [0, 0.1) is 13.8 Å². The normalized spacial score (nSPS) is 10.7. The summed E-state index contributed by atoms with van der Waals surface area (Å²) < 4.78 is 5.27. The van der Waals surface area contributed by atoms with Crippen molar-refractivity contribution < 1.29 is 14.6 Å². The van der Waals surface area contributed by atoms with Crippen molar-refractivity contribution in [1.82, 2.24) is 4.98 Å². The number of pyridine rings is 1. The second-order valence-corrected chi connectivity index (χ2v) is 5.57. The number of ether oxygens (including phenoxy) is 1. The van der Waals surface area contributed by atoms with Crippen molar-refractivity contribution in [2.24, 2.45) is 0 Å². The smallest absolute Gasteiger partial charge is 0.336 e. The molecular formula is C19H17NO3. The second-order valence-electron chi connectivity index (χ2n) is 5.57. The second kappa shape index (κ2) is 5.72. The van der Waals surface area contributed by atoms with Crippen molar-refractivity contribution >= 4 is 16.9 Å². The minimum Gasteiger partial charge on any atom is -0.496 e. The number of hydrogen-bond acceptors (Lipinski definition) is 3. The van der Waals surface area contributed by atoms with E-state index in [1.54, 1.807) is 13.2 Å². The number of carboxylic acid groups (broad SMARTS) is 1. The highest BCUT2D eigenvalue weighted by molar-refractivity contribution is 6.04. The highest BCUT2D eigenvalue weighted by Gasteiger charge is 2.13. The van der Waals surface area contributed by atoms with Gasteiger partial charge in [-0.05, 0) is 55.8 Å². The van der Waals surface area contributed by atoms with Gasteiger partial charge in [-0.25, -0.2) is 9.78 Å². The minimum absolute atomic E-state index is 0.266. The lowest BCUT2D eigenvalue weighted by atomic mass is 10.0. The fourth-order valence-electron chi connectivity index (χ4n) is 2.70. The summed E-state index contributed by atoms with van der Waals surface area (Å²) in [4.78, 5) is 16.3. The predicted octanol–water partition coefficient (Wildman–Crippen LogP) is 4.23. The first-order valence-electron chi connectivity index (χ1n) is 7.29. The van der Waals surface area contributed by atoms with E-state index < -0.39 is 5.97 Å². The minimum atomic E-state index is -0.950. The zero-order valence-electron chi connectivity index (χ0n) is 13.3. The lowest BCUT2D eigenvalue weighted by Crippen LogP contribution is -2.00. The topological polar surface area (TPSA) is 59.4 Å². The number of carbonyl (C=O) groups is 1. The van der Waals surface area contributed by atoms with Crippen LogP contribution < -0.4 is 4.74 Å². The average Bonchev–Trinajstić information content (AvgIpc) is 2.53. The summed E-state index contributed by atoms with van der Waals surface area (Å²) in [6.07, 6.45) is 0. The number of aromatic nitrogens is 1. The molecule has 0 atom stereocenters. The monoisotopic (exact) mass is 307 g/mol. The molecule has 4 heteroatoms. The van der Waals surface area contributed by atoms with Crippen LogP contribution >= 0.6 is 0 Å². The van der Waals surface area contributed by atoms with Gasteiger partial charge in [0, 0.05) is 10.9 Å². The molecule has 0 amide bonds. The fraction of sp³-hybridized carbons (Fsp3) is 0.158. The Hall–Kier alpha value is -2.88. The summed E-state index contributed by atoms with van der Waals surface area (Å²) in [5, 5.41) is 10.2. The Labute approximate surface area is 134 Å². The fourth-order valence-corrected chi connectivity index (χ4v) is 2.70. The molecule has 0 saturated heterocycles. The summed E-state index contributed by atoms with van der Waals surface area (Å²) in [5.41, 5.74) is 4.45. The molecule has 1 aromatic heterocycles. The summed E-state index contributed by atoms with van der Waals surface area (Å²) in [7, 11) is 1.63. The number of nitrogens with zero attached hydrogens (tertiary/aromatic N) is 1. The third-order valence-electron chi connectivity index (χ3n) is 3.89. The number of fused-ring (bicyclic) bond motifs is 1. The Morgan fingerprint density at radius 2 is 1.87 bits per heavy atom. The Kier molecular flexibility index (Phi) is 3.74. The van der Waals surface area contributed by atoms with Gasteiger partial charge in [0.25, 0.3) is 0 Å². The maximum atomic E-state index is 11.6. The molecule has 1 heterocycles. The highest BCUT2D eigenvalue weighted by Crippen LogP contribution is 2.28. The molecule has 3 aromatic rings. The van der Waals surface area contributed by atoms with E-state index in [1.807, 2.05) is 50.2 Å². The first-order valence-corrected chi connectivity index (χ1v) is 7.29. The maximum Gasteiger partial charge on any atom is 0.336 e. The molecule has 0 aliphatic rings. The lowest BCUT2D eigenvalue weighted by molar-refractivity contribution is 0.0699. The number of carboxylic acids is 1. The Morgan fingerprint density at radius 1 is 1.09 bits per heavy atom. The highest BCUT2D eigenvalue weighted by atomic mass is 16.5.